The summed E-state index contributed by atoms with van der Waals surface area (Å²) in [5.74, 6) is 1.78. The topological polar surface area (TPSA) is 97.0 Å². The number of nitrogens with one attached hydrogen (secondary N) is 1. The van der Waals surface area contributed by atoms with Crippen molar-refractivity contribution in [1.29, 1.82) is 0 Å². The summed E-state index contributed by atoms with van der Waals surface area (Å²) in [6.45, 7) is 2.80. The molecule has 2 aliphatic heterocycles. The number of piperidine rings is 1. The molecule has 7 heteroatoms. The van der Waals surface area contributed by atoms with Crippen molar-refractivity contribution >= 4 is 5.91 Å². The van der Waals surface area contributed by atoms with E-state index >= 15 is 0 Å². The van der Waals surface area contributed by atoms with E-state index < -0.39 is 11.6 Å². The highest BCUT2D eigenvalue weighted by Crippen LogP contribution is 2.76. The van der Waals surface area contributed by atoms with E-state index in [4.69, 9.17) is 15.2 Å². The third-order valence-electron chi connectivity index (χ3n) is 12.0. The number of hydrogen-bond acceptors (Lipinski definition) is 6. The van der Waals surface area contributed by atoms with Crippen LogP contribution in [0.2, 0.25) is 0 Å². The Morgan fingerprint density at radius 1 is 1.20 bits per heavy atom. The summed E-state index contributed by atoms with van der Waals surface area (Å²) in [5, 5.41) is 14.3. The molecular weight excluding hydrogens is 502 g/mol. The fraction of sp³-hybridized carbons (Fsp3) is 0.606. The van der Waals surface area contributed by atoms with E-state index in [1.165, 1.54) is 30.5 Å². The van der Waals surface area contributed by atoms with E-state index in [0.29, 0.717) is 24.8 Å². The van der Waals surface area contributed by atoms with E-state index in [-0.39, 0.29) is 34.5 Å². The Hall–Kier alpha value is -2.61. The summed E-state index contributed by atoms with van der Waals surface area (Å²) in [5.41, 5.74) is 9.41. The zero-order valence-corrected chi connectivity index (χ0v) is 23.4. The number of methoxy groups -OCH3 is 1. The number of phenolic OH excluding ortho intramolecular Hbond substituents is 1. The zero-order valence-electron chi connectivity index (χ0n) is 23.4. The van der Waals surface area contributed by atoms with E-state index in [1.807, 2.05) is 43.5 Å². The van der Waals surface area contributed by atoms with Gasteiger partial charge in [-0.3, -0.25) is 9.69 Å². The van der Waals surface area contributed by atoms with Gasteiger partial charge in [0, 0.05) is 48.6 Å². The standard InChI is InChI=1S/C33H41N3O4/c1-39-33-12-11-31(17-23(33)18-35-29(38)24(34)15-20-5-3-2-4-6-20)26-16-22-9-10-25(37)28-27(22)32(31,30(33)40-28)13-14-36(26)19-21-7-8-21/h2-6,9-10,21,23-24,26,30,37H,7-8,11-19,34H2,1H3,(H,35,38)/t23-,24?,26-,30-,31-,32+,33-/m1/s1. The Labute approximate surface area is 236 Å². The maximum Gasteiger partial charge on any atom is 0.237 e. The number of carbonyl (C=O) groups is 1. The molecule has 40 heavy (non-hydrogen) atoms. The average molecular weight is 544 g/mol. The van der Waals surface area contributed by atoms with Gasteiger partial charge in [-0.05, 0) is 81.0 Å². The number of carbonyl (C=O) groups excluding carboxylic acids is 1. The van der Waals surface area contributed by atoms with Crippen molar-refractivity contribution in [2.75, 3.05) is 26.7 Å². The first-order valence-corrected chi connectivity index (χ1v) is 15.3. The minimum Gasteiger partial charge on any atom is -0.504 e. The van der Waals surface area contributed by atoms with Crippen LogP contribution in [0, 0.1) is 17.3 Å². The number of rotatable bonds is 8. The lowest BCUT2D eigenvalue weighted by Crippen LogP contribution is -2.81. The number of likely N-dealkylation sites (tertiary alicyclic amines) is 1. The molecule has 2 heterocycles. The lowest BCUT2D eigenvalue weighted by molar-refractivity contribution is -0.276. The van der Waals surface area contributed by atoms with E-state index in [0.717, 1.165) is 50.1 Å². The van der Waals surface area contributed by atoms with Crippen LogP contribution in [-0.4, -0.2) is 66.4 Å². The van der Waals surface area contributed by atoms with Crippen molar-refractivity contribution in [1.82, 2.24) is 10.2 Å². The average Bonchev–Trinajstić information content (AvgIpc) is 3.71. The number of nitrogens with zero attached hydrogens (tertiary/aromatic N) is 1. The minimum atomic E-state index is -0.597. The first kappa shape index (κ1) is 25.1. The molecule has 4 saturated carbocycles. The Balaban J connectivity index is 1.14. The van der Waals surface area contributed by atoms with Gasteiger partial charge in [0.1, 0.15) is 11.7 Å². The van der Waals surface area contributed by atoms with Crippen LogP contribution < -0.4 is 15.8 Å². The molecule has 0 radical (unpaired) electrons. The molecule has 7 atom stereocenters. The predicted octanol–water partition coefficient (Wildman–Crippen LogP) is 3.30. The SMILES string of the molecule is CO[C@]12CC[C@@]3(C[C@@H]1CNC(=O)C(N)Cc1ccccc1)[C@H]1Cc4ccc(O)c5c4[C@@]3(CCN1CC1CC1)[C@H]2O5. The number of aromatic hydroxyl groups is 1. The predicted molar refractivity (Wildman–Crippen MR) is 151 cm³/mol. The van der Waals surface area contributed by atoms with Crippen LogP contribution in [0.4, 0.5) is 0 Å². The molecule has 1 unspecified atom stereocenters. The molecule has 7 nitrogen and oxygen atoms in total. The van der Waals surface area contributed by atoms with Gasteiger partial charge in [-0.2, -0.15) is 0 Å². The van der Waals surface area contributed by atoms with Crippen molar-refractivity contribution in [3.8, 4) is 11.5 Å². The molecule has 1 amide bonds. The molecular formula is C33H41N3O4. The molecule has 1 saturated heterocycles. The summed E-state index contributed by atoms with van der Waals surface area (Å²) in [4.78, 5) is 16.0. The summed E-state index contributed by atoms with van der Waals surface area (Å²) < 4.78 is 13.4. The van der Waals surface area contributed by atoms with Crippen LogP contribution >= 0.6 is 0 Å². The second-order valence-electron chi connectivity index (χ2n) is 13.6. The molecule has 9 rings (SSSR count). The summed E-state index contributed by atoms with van der Waals surface area (Å²) in [7, 11) is 1.82. The van der Waals surface area contributed by atoms with Gasteiger partial charge in [0.15, 0.2) is 11.5 Å². The maximum absolute atomic E-state index is 13.2. The van der Waals surface area contributed by atoms with Crippen LogP contribution in [0.5, 0.6) is 11.5 Å². The fourth-order valence-corrected chi connectivity index (χ4v) is 10.1. The number of amides is 1. The molecule has 4 N–H and O–H groups in total. The molecule has 0 aromatic heterocycles. The summed E-state index contributed by atoms with van der Waals surface area (Å²) in [6.07, 6.45) is 8.10. The number of fused-ring (bicyclic) bond motifs is 2. The molecule has 7 aliphatic rings. The molecule has 5 fully saturated rings. The van der Waals surface area contributed by atoms with Crippen molar-refractivity contribution in [3.05, 3.63) is 59.2 Å². The van der Waals surface area contributed by atoms with Gasteiger partial charge in [-0.1, -0.05) is 36.4 Å². The van der Waals surface area contributed by atoms with Crippen LogP contribution in [0.3, 0.4) is 0 Å². The Bertz CT molecular complexity index is 1350. The molecule has 4 bridgehead atoms. The minimum absolute atomic E-state index is 0.0404. The largest absolute Gasteiger partial charge is 0.504 e. The van der Waals surface area contributed by atoms with E-state index in [2.05, 4.69) is 16.3 Å². The normalized spacial score (nSPS) is 37.5. The Kier molecular flexibility index (Phi) is 5.46. The van der Waals surface area contributed by atoms with Crippen molar-refractivity contribution in [2.45, 2.75) is 80.6 Å². The van der Waals surface area contributed by atoms with Gasteiger partial charge in [0.05, 0.1) is 6.04 Å². The van der Waals surface area contributed by atoms with E-state index in [1.54, 1.807) is 0 Å². The molecule has 212 valence electrons. The van der Waals surface area contributed by atoms with Crippen molar-refractivity contribution in [3.63, 3.8) is 0 Å². The van der Waals surface area contributed by atoms with Crippen molar-refractivity contribution < 1.29 is 19.4 Å². The van der Waals surface area contributed by atoms with Gasteiger partial charge < -0.3 is 25.6 Å². The lowest BCUT2D eigenvalue weighted by atomic mass is 9.35. The quantitative estimate of drug-likeness (QED) is 0.473. The van der Waals surface area contributed by atoms with Gasteiger partial charge in [-0.25, -0.2) is 0 Å². The van der Waals surface area contributed by atoms with Gasteiger partial charge >= 0.3 is 0 Å². The lowest BCUT2D eigenvalue weighted by Gasteiger charge is -2.74. The highest BCUT2D eigenvalue weighted by Gasteiger charge is 2.80. The fourth-order valence-electron chi connectivity index (χ4n) is 10.1. The van der Waals surface area contributed by atoms with Crippen LogP contribution in [0.1, 0.15) is 55.2 Å². The molecule has 5 aliphatic carbocycles. The third-order valence-corrected chi connectivity index (χ3v) is 12.0. The number of hydrogen-bond donors (Lipinski definition) is 3. The number of ether oxygens (including phenoxy) is 2. The number of nitrogens with two attached hydrogens (primary N) is 1. The number of benzene rings is 2. The zero-order chi connectivity index (χ0) is 27.3. The summed E-state index contributed by atoms with van der Waals surface area (Å²) >= 11 is 0. The second-order valence-corrected chi connectivity index (χ2v) is 13.6. The maximum atomic E-state index is 13.2. The van der Waals surface area contributed by atoms with E-state index in [9.17, 15) is 9.90 Å². The first-order chi connectivity index (χ1) is 19.4. The first-order valence-electron chi connectivity index (χ1n) is 15.3. The monoisotopic (exact) mass is 543 g/mol. The highest BCUT2D eigenvalue weighted by atomic mass is 16.6. The van der Waals surface area contributed by atoms with Crippen LogP contribution in [0.15, 0.2) is 42.5 Å². The van der Waals surface area contributed by atoms with Crippen LogP contribution in [0.25, 0.3) is 0 Å². The second kappa shape index (κ2) is 8.70. The highest BCUT2D eigenvalue weighted by molar-refractivity contribution is 5.81. The van der Waals surface area contributed by atoms with Gasteiger partial charge in [-0.15, -0.1) is 0 Å². The smallest absolute Gasteiger partial charge is 0.237 e. The number of phenols is 1. The van der Waals surface area contributed by atoms with Gasteiger partial charge in [0.25, 0.3) is 0 Å². The van der Waals surface area contributed by atoms with Gasteiger partial charge in [0.2, 0.25) is 5.91 Å². The summed E-state index contributed by atoms with van der Waals surface area (Å²) in [6, 6.07) is 13.8. The molecule has 2 aromatic rings. The van der Waals surface area contributed by atoms with Crippen molar-refractivity contribution in [2.24, 2.45) is 23.0 Å². The Morgan fingerprint density at radius 2 is 2.02 bits per heavy atom. The van der Waals surface area contributed by atoms with Crippen LogP contribution in [-0.2, 0) is 27.8 Å². The molecule has 2 aromatic carbocycles. The Morgan fingerprint density at radius 3 is 2.80 bits per heavy atom. The third kappa shape index (κ3) is 3.20. The molecule has 2 spiro atoms.